The summed E-state index contributed by atoms with van der Waals surface area (Å²) in [6.07, 6.45) is 4.55. The van der Waals surface area contributed by atoms with Crippen LogP contribution in [0.15, 0.2) is 92.7 Å². The van der Waals surface area contributed by atoms with Gasteiger partial charge in [0.15, 0.2) is 4.80 Å². The van der Waals surface area contributed by atoms with Crippen molar-refractivity contribution in [1.82, 2.24) is 4.57 Å². The molecule has 1 atom stereocenters. The molecule has 176 valence electrons. The van der Waals surface area contributed by atoms with E-state index in [1.807, 2.05) is 55.5 Å². The fourth-order valence-corrected chi connectivity index (χ4v) is 6.17. The first-order valence-electron chi connectivity index (χ1n) is 11.3. The molecular weight excluding hydrogens is 476 g/mol. The minimum absolute atomic E-state index is 0.169. The number of aromatic nitrogens is 1. The third kappa shape index (κ3) is 4.05. The molecule has 1 aromatic heterocycles. The van der Waals surface area contributed by atoms with Crippen LogP contribution in [0, 0.1) is 0 Å². The molecule has 0 bridgehead atoms. The molecule has 3 aromatic carbocycles. The first-order valence-corrected chi connectivity index (χ1v) is 13.3. The molecule has 1 aliphatic heterocycles. The Hall–Kier alpha value is -3.42. The van der Waals surface area contributed by atoms with E-state index in [4.69, 9.17) is 9.73 Å². The van der Waals surface area contributed by atoms with Crippen LogP contribution in [0.25, 0.3) is 16.8 Å². The van der Waals surface area contributed by atoms with Gasteiger partial charge in [0.05, 0.1) is 29.0 Å². The largest absolute Gasteiger partial charge is 0.466 e. The topological polar surface area (TPSA) is 60.7 Å². The first kappa shape index (κ1) is 23.3. The molecule has 0 fully saturated rings. The highest BCUT2D eigenvalue weighted by Gasteiger charge is 2.33. The van der Waals surface area contributed by atoms with Gasteiger partial charge >= 0.3 is 5.97 Å². The number of fused-ring (bicyclic) bond motifs is 2. The Morgan fingerprint density at radius 2 is 1.80 bits per heavy atom. The van der Waals surface area contributed by atoms with Gasteiger partial charge < -0.3 is 4.74 Å². The van der Waals surface area contributed by atoms with Crippen molar-refractivity contribution in [3.8, 4) is 0 Å². The number of methoxy groups -OCH3 is 1. The normalized spacial score (nSPS) is 15.7. The van der Waals surface area contributed by atoms with Crippen LogP contribution in [0.2, 0.25) is 0 Å². The molecule has 0 radical (unpaired) electrons. The molecule has 0 saturated carbocycles. The Bertz CT molecular complexity index is 1650. The van der Waals surface area contributed by atoms with Crippen LogP contribution in [-0.2, 0) is 9.53 Å². The lowest BCUT2D eigenvalue weighted by Crippen LogP contribution is -2.40. The van der Waals surface area contributed by atoms with Crippen molar-refractivity contribution in [3.05, 3.63) is 109 Å². The third-order valence-corrected chi connectivity index (χ3v) is 7.97. The number of carbonyl (C=O) groups excluding carboxylic acids is 1. The lowest BCUT2D eigenvalue weighted by molar-refractivity contribution is -0.136. The van der Waals surface area contributed by atoms with Crippen molar-refractivity contribution in [2.75, 3.05) is 13.4 Å². The lowest BCUT2D eigenvalue weighted by Gasteiger charge is -2.25. The molecule has 35 heavy (non-hydrogen) atoms. The van der Waals surface area contributed by atoms with E-state index < -0.39 is 12.0 Å². The van der Waals surface area contributed by atoms with Crippen LogP contribution in [0.1, 0.15) is 30.5 Å². The Kier molecular flexibility index (Phi) is 6.45. The Morgan fingerprint density at radius 3 is 2.49 bits per heavy atom. The average Bonchev–Trinajstić information content (AvgIpc) is 3.22. The number of rotatable bonds is 5. The van der Waals surface area contributed by atoms with E-state index in [2.05, 4.69) is 30.5 Å². The molecule has 1 aliphatic rings. The number of esters is 1. The van der Waals surface area contributed by atoms with Crippen molar-refractivity contribution in [2.24, 2.45) is 4.99 Å². The Balaban J connectivity index is 1.78. The highest BCUT2D eigenvalue weighted by Crippen LogP contribution is 2.32. The Labute approximate surface area is 211 Å². The Morgan fingerprint density at radius 1 is 1.09 bits per heavy atom. The third-order valence-electron chi connectivity index (χ3n) is 6.19. The molecule has 2 heterocycles. The van der Waals surface area contributed by atoms with Gasteiger partial charge in [0.2, 0.25) is 0 Å². The van der Waals surface area contributed by atoms with E-state index in [1.165, 1.54) is 23.3 Å². The van der Waals surface area contributed by atoms with E-state index in [-0.39, 0.29) is 5.56 Å². The van der Waals surface area contributed by atoms with E-state index in [0.29, 0.717) is 27.0 Å². The highest BCUT2D eigenvalue weighted by atomic mass is 32.2. The maximum absolute atomic E-state index is 13.8. The fourth-order valence-electron chi connectivity index (χ4n) is 4.55. The number of carbonyl (C=O) groups is 1. The maximum atomic E-state index is 13.8. The average molecular weight is 501 g/mol. The van der Waals surface area contributed by atoms with Gasteiger partial charge in [0.25, 0.3) is 5.56 Å². The van der Waals surface area contributed by atoms with E-state index in [0.717, 1.165) is 21.9 Å². The molecule has 7 heteroatoms. The summed E-state index contributed by atoms with van der Waals surface area (Å²) in [5.74, 6) is -0.465. The summed E-state index contributed by atoms with van der Waals surface area (Å²) < 4.78 is 7.33. The first-order chi connectivity index (χ1) is 17.1. The minimum atomic E-state index is -0.590. The molecule has 0 N–H and O–H groups in total. The van der Waals surface area contributed by atoms with Crippen LogP contribution < -0.4 is 14.9 Å². The number of thiazole rings is 1. The molecule has 0 unspecified atom stereocenters. The zero-order valence-electron chi connectivity index (χ0n) is 19.6. The SMILES string of the molecule is CCC1=C(C(=O)OC)[C@@H](c2ccccc2)n2c(s/c(=C\c3ccc(SC)c4ccccc34)c2=O)=N1. The number of benzene rings is 3. The molecule has 0 spiro atoms. The van der Waals surface area contributed by atoms with Crippen molar-refractivity contribution in [2.45, 2.75) is 24.3 Å². The van der Waals surface area contributed by atoms with Crippen LogP contribution in [-0.4, -0.2) is 23.9 Å². The molecule has 0 amide bonds. The second-order valence-corrected chi connectivity index (χ2v) is 9.96. The smallest absolute Gasteiger partial charge is 0.338 e. The number of ether oxygens (including phenoxy) is 1. The van der Waals surface area contributed by atoms with Gasteiger partial charge in [0, 0.05) is 4.90 Å². The van der Waals surface area contributed by atoms with Gasteiger partial charge in [-0.2, -0.15) is 0 Å². The van der Waals surface area contributed by atoms with Crippen molar-refractivity contribution in [3.63, 3.8) is 0 Å². The predicted molar refractivity (Wildman–Crippen MR) is 143 cm³/mol. The highest BCUT2D eigenvalue weighted by molar-refractivity contribution is 7.98. The summed E-state index contributed by atoms with van der Waals surface area (Å²) in [6, 6.07) is 21.4. The molecule has 0 saturated heterocycles. The van der Waals surface area contributed by atoms with Crippen molar-refractivity contribution < 1.29 is 9.53 Å². The van der Waals surface area contributed by atoms with E-state index in [9.17, 15) is 9.59 Å². The molecule has 5 nitrogen and oxygen atoms in total. The lowest BCUT2D eigenvalue weighted by atomic mass is 9.95. The number of nitrogens with zero attached hydrogens (tertiary/aromatic N) is 2. The molecule has 0 aliphatic carbocycles. The zero-order valence-corrected chi connectivity index (χ0v) is 21.3. The van der Waals surface area contributed by atoms with Crippen molar-refractivity contribution >= 4 is 45.9 Å². The van der Waals surface area contributed by atoms with E-state index >= 15 is 0 Å². The van der Waals surface area contributed by atoms with Gasteiger partial charge in [-0.3, -0.25) is 9.36 Å². The predicted octanol–water partition coefficient (Wildman–Crippen LogP) is 4.67. The maximum Gasteiger partial charge on any atom is 0.338 e. The number of thioether (sulfide) groups is 1. The zero-order chi connectivity index (χ0) is 24.5. The number of allylic oxidation sites excluding steroid dienone is 1. The summed E-state index contributed by atoms with van der Waals surface area (Å²) in [5.41, 5.74) is 2.71. The van der Waals surface area contributed by atoms with Gasteiger partial charge in [-0.1, -0.05) is 78.9 Å². The monoisotopic (exact) mass is 500 g/mol. The van der Waals surface area contributed by atoms with Gasteiger partial charge in [-0.05, 0) is 46.7 Å². The quantitative estimate of drug-likeness (QED) is 0.295. The summed E-state index contributed by atoms with van der Waals surface area (Å²) in [4.78, 5) is 33.2. The molecular formula is C28H24N2O3S2. The molecule has 4 aromatic rings. The summed E-state index contributed by atoms with van der Waals surface area (Å²) >= 11 is 3.05. The van der Waals surface area contributed by atoms with Crippen LogP contribution in [0.4, 0.5) is 0 Å². The van der Waals surface area contributed by atoms with Crippen LogP contribution in [0.3, 0.4) is 0 Å². The fraction of sp³-hybridized carbons (Fsp3) is 0.179. The van der Waals surface area contributed by atoms with E-state index in [1.54, 1.807) is 16.3 Å². The number of hydrogen-bond donors (Lipinski definition) is 0. The van der Waals surface area contributed by atoms with Crippen LogP contribution >= 0.6 is 23.1 Å². The van der Waals surface area contributed by atoms with Gasteiger partial charge in [-0.25, -0.2) is 9.79 Å². The summed E-state index contributed by atoms with van der Waals surface area (Å²) in [7, 11) is 1.36. The van der Waals surface area contributed by atoms with Gasteiger partial charge in [0.1, 0.15) is 0 Å². The summed E-state index contributed by atoms with van der Waals surface area (Å²) in [6.45, 7) is 1.96. The second-order valence-electron chi connectivity index (χ2n) is 8.10. The number of hydrogen-bond acceptors (Lipinski definition) is 6. The van der Waals surface area contributed by atoms with Gasteiger partial charge in [-0.15, -0.1) is 11.8 Å². The minimum Gasteiger partial charge on any atom is -0.466 e. The standard InChI is InChI=1S/C28H24N2O3S2/c1-4-21-24(27(32)33-2)25(17-10-6-5-7-11-17)30-26(31)23(35-28(30)29-21)16-18-14-15-22(34-3)20-13-9-8-12-19(18)20/h5-16,25H,4H2,1-3H3/b23-16-/t25-/m1/s1. The summed E-state index contributed by atoms with van der Waals surface area (Å²) in [5, 5.41) is 2.25. The molecule has 5 rings (SSSR count). The van der Waals surface area contributed by atoms with Crippen molar-refractivity contribution in [1.29, 1.82) is 0 Å². The second kappa shape index (κ2) is 9.68. The van der Waals surface area contributed by atoms with Crippen LogP contribution in [0.5, 0.6) is 0 Å².